The van der Waals surface area contributed by atoms with Gasteiger partial charge in [-0.15, -0.1) is 0 Å². The van der Waals surface area contributed by atoms with Gasteiger partial charge in [-0.2, -0.15) is 0 Å². The molecular weight excluding hydrogens is 224 g/mol. The van der Waals surface area contributed by atoms with Gasteiger partial charge >= 0.3 is 0 Å². The smallest absolute Gasteiger partial charge is 0.0593 e. The zero-order valence-electron chi connectivity index (χ0n) is 11.7. The molecule has 0 spiro atoms. The molecule has 18 heavy (non-hydrogen) atoms. The van der Waals surface area contributed by atoms with Crippen LogP contribution in [0.25, 0.3) is 0 Å². The number of nitrogens with zero attached hydrogens (tertiary/aromatic N) is 1. The van der Waals surface area contributed by atoms with E-state index in [1.807, 2.05) is 19.1 Å². The summed E-state index contributed by atoms with van der Waals surface area (Å²) in [5, 5.41) is 0. The Hall–Kier alpha value is -1.06. The minimum Gasteiger partial charge on any atom is -0.399 e. The highest BCUT2D eigenvalue weighted by molar-refractivity contribution is 5.40. The monoisotopic (exact) mass is 250 g/mol. The maximum Gasteiger partial charge on any atom is 0.0593 e. The van der Waals surface area contributed by atoms with Gasteiger partial charge in [0.1, 0.15) is 0 Å². The summed E-state index contributed by atoms with van der Waals surface area (Å²) in [4.78, 5) is 2.43. The molecule has 0 aliphatic carbocycles. The van der Waals surface area contributed by atoms with E-state index in [4.69, 9.17) is 10.5 Å². The van der Waals surface area contributed by atoms with Crippen molar-refractivity contribution >= 4 is 5.69 Å². The van der Waals surface area contributed by atoms with Gasteiger partial charge < -0.3 is 15.4 Å². The first-order chi connectivity index (χ1) is 8.76. The summed E-state index contributed by atoms with van der Waals surface area (Å²) in [5.74, 6) is 0. The van der Waals surface area contributed by atoms with E-state index in [9.17, 15) is 0 Å². The van der Waals surface area contributed by atoms with Gasteiger partial charge in [0.05, 0.1) is 6.61 Å². The third kappa shape index (κ3) is 6.03. The van der Waals surface area contributed by atoms with Crippen LogP contribution in [0.5, 0.6) is 0 Å². The molecule has 0 unspecified atom stereocenters. The summed E-state index contributed by atoms with van der Waals surface area (Å²) in [7, 11) is 0. The molecule has 1 aromatic carbocycles. The molecule has 0 aromatic heterocycles. The van der Waals surface area contributed by atoms with Crippen LogP contribution in [0.1, 0.15) is 25.8 Å². The summed E-state index contributed by atoms with van der Waals surface area (Å²) in [6.45, 7) is 9.12. The molecule has 0 saturated carbocycles. The van der Waals surface area contributed by atoms with Gasteiger partial charge in [-0.05, 0) is 50.6 Å². The number of nitrogen functional groups attached to an aromatic ring is 1. The Labute approximate surface area is 111 Å². The first-order valence-electron chi connectivity index (χ1n) is 6.90. The molecule has 0 fully saturated rings. The lowest BCUT2D eigenvalue weighted by molar-refractivity contribution is 0.115. The van der Waals surface area contributed by atoms with E-state index in [-0.39, 0.29) is 0 Å². The van der Waals surface area contributed by atoms with E-state index in [1.54, 1.807) is 0 Å². The van der Waals surface area contributed by atoms with Crippen molar-refractivity contribution in [2.45, 2.75) is 26.7 Å². The standard InChI is InChI=1S/C15H26N2O/c1-3-17(11-12-18-4-2)10-6-8-14-7-5-9-15(16)13-14/h5,7,9,13H,3-4,6,8,10-12,16H2,1-2H3. The highest BCUT2D eigenvalue weighted by Crippen LogP contribution is 2.09. The number of nitrogens with two attached hydrogens (primary N) is 1. The fourth-order valence-corrected chi connectivity index (χ4v) is 2.02. The van der Waals surface area contributed by atoms with Gasteiger partial charge in [0.2, 0.25) is 0 Å². The number of ether oxygens (including phenoxy) is 1. The number of anilines is 1. The number of rotatable bonds is 9. The molecular formula is C15H26N2O. The Morgan fingerprint density at radius 1 is 1.22 bits per heavy atom. The van der Waals surface area contributed by atoms with Gasteiger partial charge in [0.25, 0.3) is 0 Å². The molecule has 0 atom stereocenters. The highest BCUT2D eigenvalue weighted by Gasteiger charge is 2.02. The molecule has 102 valence electrons. The van der Waals surface area contributed by atoms with Crippen LogP contribution in [0.4, 0.5) is 5.69 Å². The molecule has 0 amide bonds. The zero-order valence-corrected chi connectivity index (χ0v) is 11.7. The van der Waals surface area contributed by atoms with E-state index in [1.165, 1.54) is 12.0 Å². The van der Waals surface area contributed by atoms with Crippen LogP contribution >= 0.6 is 0 Å². The summed E-state index contributed by atoms with van der Waals surface area (Å²) in [6.07, 6.45) is 2.26. The lowest BCUT2D eigenvalue weighted by atomic mass is 10.1. The van der Waals surface area contributed by atoms with E-state index in [0.717, 1.165) is 45.0 Å². The average Bonchev–Trinajstić information content (AvgIpc) is 2.37. The Bertz CT molecular complexity index is 328. The van der Waals surface area contributed by atoms with Crippen molar-refractivity contribution in [1.29, 1.82) is 0 Å². The Morgan fingerprint density at radius 3 is 2.72 bits per heavy atom. The predicted molar refractivity (Wildman–Crippen MR) is 77.8 cm³/mol. The zero-order chi connectivity index (χ0) is 13.2. The number of hydrogen-bond acceptors (Lipinski definition) is 3. The second-order valence-electron chi connectivity index (χ2n) is 4.48. The second-order valence-corrected chi connectivity index (χ2v) is 4.48. The van der Waals surface area contributed by atoms with Crippen LogP contribution in [-0.2, 0) is 11.2 Å². The molecule has 0 bridgehead atoms. The van der Waals surface area contributed by atoms with Crippen LogP contribution in [0, 0.1) is 0 Å². The Kier molecular flexibility index (Phi) is 7.46. The third-order valence-electron chi connectivity index (χ3n) is 3.09. The van der Waals surface area contributed by atoms with Gasteiger partial charge in [-0.25, -0.2) is 0 Å². The van der Waals surface area contributed by atoms with Gasteiger partial charge in [-0.3, -0.25) is 0 Å². The van der Waals surface area contributed by atoms with Crippen molar-refractivity contribution in [3.05, 3.63) is 29.8 Å². The molecule has 1 rings (SSSR count). The average molecular weight is 250 g/mol. The molecule has 2 N–H and O–H groups in total. The minimum absolute atomic E-state index is 0.806. The summed E-state index contributed by atoms with van der Waals surface area (Å²) < 4.78 is 5.39. The molecule has 3 heteroatoms. The maximum absolute atomic E-state index is 5.77. The first-order valence-corrected chi connectivity index (χ1v) is 6.90. The van der Waals surface area contributed by atoms with Crippen molar-refractivity contribution in [2.24, 2.45) is 0 Å². The fraction of sp³-hybridized carbons (Fsp3) is 0.600. The molecule has 0 saturated heterocycles. The van der Waals surface area contributed by atoms with E-state index in [2.05, 4.69) is 24.0 Å². The van der Waals surface area contributed by atoms with Crippen LogP contribution in [0.15, 0.2) is 24.3 Å². The van der Waals surface area contributed by atoms with Gasteiger partial charge in [0, 0.05) is 18.8 Å². The van der Waals surface area contributed by atoms with Crippen LogP contribution in [0.3, 0.4) is 0 Å². The topological polar surface area (TPSA) is 38.5 Å². The molecule has 3 nitrogen and oxygen atoms in total. The van der Waals surface area contributed by atoms with Crippen LogP contribution in [0.2, 0.25) is 0 Å². The minimum atomic E-state index is 0.806. The fourth-order valence-electron chi connectivity index (χ4n) is 2.02. The van der Waals surface area contributed by atoms with Crippen molar-refractivity contribution in [2.75, 3.05) is 38.6 Å². The quantitative estimate of drug-likeness (QED) is 0.541. The van der Waals surface area contributed by atoms with E-state index >= 15 is 0 Å². The Balaban J connectivity index is 2.22. The third-order valence-corrected chi connectivity index (χ3v) is 3.09. The van der Waals surface area contributed by atoms with E-state index < -0.39 is 0 Å². The molecule has 0 aliphatic heterocycles. The molecule has 0 aliphatic rings. The summed E-state index contributed by atoms with van der Waals surface area (Å²) in [6, 6.07) is 8.17. The number of aryl methyl sites for hydroxylation is 1. The predicted octanol–water partition coefficient (Wildman–Crippen LogP) is 2.56. The molecule has 0 heterocycles. The highest BCUT2D eigenvalue weighted by atomic mass is 16.5. The summed E-state index contributed by atoms with van der Waals surface area (Å²) in [5.41, 5.74) is 7.96. The van der Waals surface area contributed by atoms with Crippen LogP contribution in [-0.4, -0.2) is 37.7 Å². The molecule has 0 radical (unpaired) electrons. The van der Waals surface area contributed by atoms with Crippen molar-refractivity contribution < 1.29 is 4.74 Å². The lowest BCUT2D eigenvalue weighted by Gasteiger charge is -2.20. The van der Waals surface area contributed by atoms with Crippen molar-refractivity contribution in [1.82, 2.24) is 4.90 Å². The number of benzene rings is 1. The maximum atomic E-state index is 5.77. The Morgan fingerprint density at radius 2 is 2.06 bits per heavy atom. The van der Waals surface area contributed by atoms with Crippen molar-refractivity contribution in [3.8, 4) is 0 Å². The second kappa shape index (κ2) is 8.95. The largest absolute Gasteiger partial charge is 0.399 e. The van der Waals surface area contributed by atoms with E-state index in [0.29, 0.717) is 0 Å². The van der Waals surface area contributed by atoms with Gasteiger partial charge in [0.15, 0.2) is 0 Å². The normalized spacial score (nSPS) is 11.1. The molecule has 1 aromatic rings. The summed E-state index contributed by atoms with van der Waals surface area (Å²) >= 11 is 0. The SMILES string of the molecule is CCOCCN(CC)CCCc1cccc(N)c1. The number of hydrogen-bond donors (Lipinski definition) is 1. The van der Waals surface area contributed by atoms with Crippen LogP contribution < -0.4 is 5.73 Å². The number of likely N-dealkylation sites (N-methyl/N-ethyl adjacent to an activating group) is 1. The first kappa shape index (κ1) is 15.0. The van der Waals surface area contributed by atoms with Gasteiger partial charge in [-0.1, -0.05) is 19.1 Å². The lowest BCUT2D eigenvalue weighted by Crippen LogP contribution is -2.28. The van der Waals surface area contributed by atoms with Crippen molar-refractivity contribution in [3.63, 3.8) is 0 Å².